The summed E-state index contributed by atoms with van der Waals surface area (Å²) in [5.41, 5.74) is 15.2. The Kier molecular flexibility index (Phi) is 8.17. The highest BCUT2D eigenvalue weighted by Crippen LogP contribution is 2.47. The van der Waals surface area contributed by atoms with E-state index in [4.69, 9.17) is 4.42 Å². The van der Waals surface area contributed by atoms with Crippen LogP contribution in [0, 0.1) is 0 Å². The molecule has 0 fully saturated rings. The average molecular weight is 779 g/mol. The molecule has 286 valence electrons. The van der Waals surface area contributed by atoms with Gasteiger partial charge in [0.25, 0.3) is 0 Å². The van der Waals surface area contributed by atoms with Gasteiger partial charge in [-0.05, 0) is 93.7 Å². The van der Waals surface area contributed by atoms with Crippen LogP contribution in [0.5, 0.6) is 0 Å². The van der Waals surface area contributed by atoms with Gasteiger partial charge in [-0.3, -0.25) is 0 Å². The van der Waals surface area contributed by atoms with Crippen LogP contribution in [0.2, 0.25) is 0 Å². The molecule has 0 amide bonds. The first-order valence-electron chi connectivity index (χ1n) is 20.8. The third-order valence-electron chi connectivity index (χ3n) is 12.2. The first kappa shape index (κ1) is 34.9. The molecule has 61 heavy (non-hydrogen) atoms. The van der Waals surface area contributed by atoms with Crippen LogP contribution in [0.15, 0.2) is 235 Å². The number of aromatic nitrogens is 1. The summed E-state index contributed by atoms with van der Waals surface area (Å²) in [6.45, 7) is 0. The van der Waals surface area contributed by atoms with Crippen molar-refractivity contribution in [2.24, 2.45) is 0 Å². The molecule has 2 aromatic heterocycles. The van der Waals surface area contributed by atoms with E-state index in [1.807, 2.05) is 0 Å². The molecule has 0 saturated heterocycles. The molecule has 0 saturated carbocycles. The smallest absolute Gasteiger partial charge is 0.143 e. The van der Waals surface area contributed by atoms with E-state index >= 15 is 0 Å². The molecule has 2 heterocycles. The van der Waals surface area contributed by atoms with Crippen molar-refractivity contribution in [1.29, 1.82) is 0 Å². The van der Waals surface area contributed by atoms with E-state index in [-0.39, 0.29) is 0 Å². The summed E-state index contributed by atoms with van der Waals surface area (Å²) in [7, 11) is 0. The topological polar surface area (TPSA) is 21.3 Å². The Morgan fingerprint density at radius 3 is 1.64 bits per heavy atom. The molecule has 10 aromatic carbocycles. The summed E-state index contributed by atoms with van der Waals surface area (Å²) in [5.74, 6) is 0. The molecule has 0 spiro atoms. The van der Waals surface area contributed by atoms with Crippen LogP contribution in [0.3, 0.4) is 0 Å². The lowest BCUT2D eigenvalue weighted by atomic mass is 9.97. The van der Waals surface area contributed by atoms with Crippen molar-refractivity contribution >= 4 is 71.6 Å². The molecule has 3 heteroatoms. The minimum absolute atomic E-state index is 0.879. The van der Waals surface area contributed by atoms with Crippen molar-refractivity contribution in [1.82, 2.24) is 4.57 Å². The number of furan rings is 1. The molecule has 0 N–H and O–H groups in total. The lowest BCUT2D eigenvalue weighted by Gasteiger charge is -2.30. The van der Waals surface area contributed by atoms with Gasteiger partial charge in [0.1, 0.15) is 11.2 Å². The van der Waals surface area contributed by atoms with E-state index in [1.165, 1.54) is 38.2 Å². The van der Waals surface area contributed by atoms with E-state index in [0.29, 0.717) is 0 Å². The summed E-state index contributed by atoms with van der Waals surface area (Å²) in [6, 6.07) is 82.9. The predicted molar refractivity (Wildman–Crippen MR) is 257 cm³/mol. The largest absolute Gasteiger partial charge is 0.455 e. The Labute approximate surface area is 353 Å². The summed E-state index contributed by atoms with van der Waals surface area (Å²) in [6.07, 6.45) is 0. The van der Waals surface area contributed by atoms with Gasteiger partial charge in [0.15, 0.2) is 0 Å². The Morgan fingerprint density at radius 1 is 0.344 bits per heavy atom. The zero-order valence-electron chi connectivity index (χ0n) is 33.2. The highest BCUT2D eigenvalue weighted by Gasteiger charge is 2.24. The maximum atomic E-state index is 6.85. The van der Waals surface area contributed by atoms with Gasteiger partial charge >= 0.3 is 0 Å². The fourth-order valence-electron chi connectivity index (χ4n) is 9.34. The highest BCUT2D eigenvalue weighted by molar-refractivity contribution is 6.14. The van der Waals surface area contributed by atoms with Gasteiger partial charge in [-0.15, -0.1) is 0 Å². The Balaban J connectivity index is 1.08. The summed E-state index contributed by atoms with van der Waals surface area (Å²) in [4.78, 5) is 2.42. The summed E-state index contributed by atoms with van der Waals surface area (Å²) < 4.78 is 9.28. The van der Waals surface area contributed by atoms with E-state index in [0.717, 1.165) is 72.4 Å². The van der Waals surface area contributed by atoms with Crippen LogP contribution in [-0.4, -0.2) is 4.57 Å². The molecule has 0 aliphatic rings. The fraction of sp³-hybridized carbons (Fsp3) is 0. The first-order valence-corrected chi connectivity index (χ1v) is 20.8. The number of rotatable bonds is 7. The van der Waals surface area contributed by atoms with Crippen LogP contribution in [0.25, 0.3) is 93.6 Å². The predicted octanol–water partition coefficient (Wildman–Crippen LogP) is 16.3. The first-order chi connectivity index (χ1) is 30.3. The van der Waals surface area contributed by atoms with Gasteiger partial charge in [0.2, 0.25) is 0 Å². The third-order valence-corrected chi connectivity index (χ3v) is 12.2. The van der Waals surface area contributed by atoms with Crippen molar-refractivity contribution in [3.63, 3.8) is 0 Å². The molecular formula is C58H38N2O. The second-order valence-electron chi connectivity index (χ2n) is 15.7. The lowest BCUT2D eigenvalue weighted by Crippen LogP contribution is -2.14. The molecule has 0 aliphatic carbocycles. The highest BCUT2D eigenvalue weighted by atomic mass is 16.3. The average Bonchev–Trinajstić information content (AvgIpc) is 3.87. The minimum atomic E-state index is 0.879. The lowest BCUT2D eigenvalue weighted by molar-refractivity contribution is 0.670. The number of hydrogen-bond acceptors (Lipinski definition) is 2. The zero-order valence-corrected chi connectivity index (χ0v) is 33.2. The van der Waals surface area contributed by atoms with E-state index in [1.54, 1.807) is 0 Å². The molecule has 3 nitrogen and oxygen atoms in total. The van der Waals surface area contributed by atoms with Crippen LogP contribution < -0.4 is 4.90 Å². The SMILES string of the molecule is c1ccc(-c2cccc(-c3ccc(N(c4ccccc4-c4cccc5c4oc4cc6ccccc6cc45)c4ccccc4-n4c5ccccc5c5ccccc54)cc3)c2)cc1. The Morgan fingerprint density at radius 2 is 0.885 bits per heavy atom. The number of fused-ring (bicyclic) bond motifs is 7. The van der Waals surface area contributed by atoms with Crippen molar-refractivity contribution in [2.75, 3.05) is 4.90 Å². The van der Waals surface area contributed by atoms with Crippen molar-refractivity contribution in [3.05, 3.63) is 231 Å². The van der Waals surface area contributed by atoms with E-state index < -0.39 is 0 Å². The minimum Gasteiger partial charge on any atom is -0.455 e. The molecule has 0 unspecified atom stereocenters. The molecule has 12 rings (SSSR count). The van der Waals surface area contributed by atoms with Crippen molar-refractivity contribution in [2.45, 2.75) is 0 Å². The molecular weight excluding hydrogens is 741 g/mol. The number of anilines is 3. The maximum absolute atomic E-state index is 6.85. The monoisotopic (exact) mass is 778 g/mol. The summed E-state index contributed by atoms with van der Waals surface area (Å²) >= 11 is 0. The normalized spacial score (nSPS) is 11.6. The van der Waals surface area contributed by atoms with Gasteiger partial charge in [-0.2, -0.15) is 0 Å². The molecule has 0 aliphatic heterocycles. The zero-order chi connectivity index (χ0) is 40.3. The standard InChI is InChI=1S/C58H38N2O/c1-2-16-39(17-3-1)41-20-14-21-42(36-41)40-32-34-45(35-33-40)59(55-30-12-13-31-56(55)60-53-28-10-6-22-46(53)47-23-7-11-29-54(47)60)52-27-9-8-24-48(52)49-25-15-26-50-51-37-43-18-4-5-19-44(43)38-57(51)61-58(49)50/h1-38H. The van der Waals surface area contributed by atoms with Gasteiger partial charge in [-0.1, -0.05) is 170 Å². The second kappa shape index (κ2) is 14.3. The molecule has 12 aromatic rings. The second-order valence-corrected chi connectivity index (χ2v) is 15.7. The Hall–Kier alpha value is -8.14. The van der Waals surface area contributed by atoms with Gasteiger partial charge in [-0.25, -0.2) is 0 Å². The number of para-hydroxylation sites is 6. The number of benzene rings is 10. The van der Waals surface area contributed by atoms with E-state index in [2.05, 4.69) is 240 Å². The Bertz CT molecular complexity index is 3540. The summed E-state index contributed by atoms with van der Waals surface area (Å²) in [5, 5.41) is 7.05. The molecule has 0 atom stereocenters. The van der Waals surface area contributed by atoms with Crippen LogP contribution in [0.1, 0.15) is 0 Å². The maximum Gasteiger partial charge on any atom is 0.143 e. The van der Waals surface area contributed by atoms with Crippen LogP contribution in [0.4, 0.5) is 17.1 Å². The third kappa shape index (κ3) is 5.82. The van der Waals surface area contributed by atoms with Gasteiger partial charge in [0.05, 0.1) is 28.1 Å². The van der Waals surface area contributed by atoms with Gasteiger partial charge < -0.3 is 13.9 Å². The van der Waals surface area contributed by atoms with E-state index in [9.17, 15) is 0 Å². The number of nitrogens with zero attached hydrogens (tertiary/aromatic N) is 2. The molecule has 0 bridgehead atoms. The van der Waals surface area contributed by atoms with Gasteiger partial charge in [0, 0.05) is 38.4 Å². The van der Waals surface area contributed by atoms with Crippen LogP contribution >= 0.6 is 0 Å². The van der Waals surface area contributed by atoms with Crippen molar-refractivity contribution < 1.29 is 4.42 Å². The number of hydrogen-bond donors (Lipinski definition) is 0. The van der Waals surface area contributed by atoms with Crippen LogP contribution in [-0.2, 0) is 0 Å². The quantitative estimate of drug-likeness (QED) is 0.161. The molecule has 0 radical (unpaired) electrons. The fourth-order valence-corrected chi connectivity index (χ4v) is 9.34. The van der Waals surface area contributed by atoms with Crippen molar-refractivity contribution in [3.8, 4) is 39.1 Å².